The number of carbonyl (C=O) groups is 2. The number of amides is 1. The molecule has 0 saturated carbocycles. The molecular formula is C14H16ClNO3. The third kappa shape index (κ3) is 2.45. The number of carbonyl (C=O) groups excluding carboxylic acids is 1. The number of halogens is 1. The van der Waals surface area contributed by atoms with Crippen LogP contribution in [-0.2, 0) is 4.79 Å². The molecule has 1 saturated heterocycles. The molecule has 1 fully saturated rings. The van der Waals surface area contributed by atoms with Crippen LogP contribution in [0.15, 0.2) is 18.2 Å². The number of hydrogen-bond acceptors (Lipinski definition) is 2. The quantitative estimate of drug-likeness (QED) is 0.906. The Balaban J connectivity index is 2.26. The Labute approximate surface area is 117 Å². The summed E-state index contributed by atoms with van der Waals surface area (Å²) in [6.07, 6.45) is 0.502. The van der Waals surface area contributed by atoms with Crippen molar-refractivity contribution in [3.05, 3.63) is 34.3 Å². The van der Waals surface area contributed by atoms with Crippen molar-refractivity contribution >= 4 is 23.5 Å². The van der Waals surface area contributed by atoms with E-state index in [-0.39, 0.29) is 11.9 Å². The van der Waals surface area contributed by atoms with E-state index < -0.39 is 11.9 Å². The number of carboxylic acids is 1. The first-order valence-electron chi connectivity index (χ1n) is 6.22. The van der Waals surface area contributed by atoms with Gasteiger partial charge in [0.1, 0.15) is 0 Å². The van der Waals surface area contributed by atoms with Crippen LogP contribution in [0.1, 0.15) is 29.3 Å². The van der Waals surface area contributed by atoms with E-state index >= 15 is 0 Å². The second-order valence-corrected chi connectivity index (χ2v) is 5.29. The minimum absolute atomic E-state index is 0.142. The van der Waals surface area contributed by atoms with Gasteiger partial charge in [0.2, 0.25) is 0 Å². The van der Waals surface area contributed by atoms with Gasteiger partial charge in [0.25, 0.3) is 5.91 Å². The summed E-state index contributed by atoms with van der Waals surface area (Å²) in [6, 6.07) is 4.91. The van der Waals surface area contributed by atoms with Crippen LogP contribution < -0.4 is 0 Å². The fourth-order valence-corrected chi connectivity index (χ4v) is 2.72. The largest absolute Gasteiger partial charge is 0.481 e. The van der Waals surface area contributed by atoms with E-state index in [9.17, 15) is 9.59 Å². The number of benzene rings is 1. The molecule has 1 aromatic carbocycles. The molecule has 0 aliphatic carbocycles. The first-order chi connectivity index (χ1) is 8.93. The van der Waals surface area contributed by atoms with Gasteiger partial charge in [-0.2, -0.15) is 0 Å². The van der Waals surface area contributed by atoms with Gasteiger partial charge in [-0.1, -0.05) is 17.7 Å². The van der Waals surface area contributed by atoms with Crippen molar-refractivity contribution in [1.29, 1.82) is 0 Å². The number of nitrogens with zero attached hydrogens (tertiary/aromatic N) is 1. The van der Waals surface area contributed by atoms with Gasteiger partial charge in [0, 0.05) is 23.2 Å². The van der Waals surface area contributed by atoms with Crippen LogP contribution in [0.4, 0.5) is 0 Å². The third-order valence-electron chi connectivity index (χ3n) is 3.83. The molecule has 0 aromatic heterocycles. The van der Waals surface area contributed by atoms with Crippen LogP contribution in [0.5, 0.6) is 0 Å². The van der Waals surface area contributed by atoms with Crippen molar-refractivity contribution in [2.75, 3.05) is 6.54 Å². The highest BCUT2D eigenvalue weighted by atomic mass is 35.5. The maximum absolute atomic E-state index is 12.5. The zero-order valence-electron chi connectivity index (χ0n) is 10.9. The van der Waals surface area contributed by atoms with Crippen molar-refractivity contribution in [2.24, 2.45) is 5.92 Å². The lowest BCUT2D eigenvalue weighted by atomic mass is 10.0. The lowest BCUT2D eigenvalue weighted by Gasteiger charge is -2.24. The smallest absolute Gasteiger partial charge is 0.308 e. The summed E-state index contributed by atoms with van der Waals surface area (Å²) in [4.78, 5) is 25.2. The van der Waals surface area contributed by atoms with E-state index in [0.717, 1.165) is 5.56 Å². The highest BCUT2D eigenvalue weighted by Gasteiger charge is 2.38. The summed E-state index contributed by atoms with van der Waals surface area (Å²) in [5, 5.41) is 9.64. The molecule has 0 spiro atoms. The molecule has 19 heavy (non-hydrogen) atoms. The highest BCUT2D eigenvalue weighted by Crippen LogP contribution is 2.28. The van der Waals surface area contributed by atoms with Gasteiger partial charge >= 0.3 is 5.97 Å². The second-order valence-electron chi connectivity index (χ2n) is 4.88. The first kappa shape index (κ1) is 13.9. The molecule has 4 nitrogen and oxygen atoms in total. The van der Waals surface area contributed by atoms with E-state index in [1.807, 2.05) is 0 Å². The summed E-state index contributed by atoms with van der Waals surface area (Å²) in [5.74, 6) is -1.47. The van der Waals surface area contributed by atoms with Gasteiger partial charge < -0.3 is 10.0 Å². The SMILES string of the molecule is Cc1c(Cl)cccc1C(=O)N1CCC(C(=O)O)C1C. The van der Waals surface area contributed by atoms with Crippen molar-refractivity contribution < 1.29 is 14.7 Å². The van der Waals surface area contributed by atoms with Crippen LogP contribution in [0.3, 0.4) is 0 Å². The predicted octanol–water partition coefficient (Wildman–Crippen LogP) is 2.58. The van der Waals surface area contributed by atoms with Gasteiger partial charge in [0.05, 0.1) is 5.92 Å². The molecule has 1 aromatic rings. The fourth-order valence-electron chi connectivity index (χ4n) is 2.55. The van der Waals surface area contributed by atoms with Crippen LogP contribution in [0, 0.1) is 12.8 Å². The summed E-state index contributed by atoms with van der Waals surface area (Å²) < 4.78 is 0. The van der Waals surface area contributed by atoms with Crippen LogP contribution in [-0.4, -0.2) is 34.5 Å². The standard InChI is InChI=1S/C14H16ClNO3/c1-8-10(4-3-5-12(8)15)13(17)16-7-6-11(9(16)2)14(18)19/h3-5,9,11H,6-7H2,1-2H3,(H,18,19). The predicted molar refractivity (Wildman–Crippen MR) is 72.4 cm³/mol. The molecule has 2 atom stereocenters. The number of likely N-dealkylation sites (tertiary alicyclic amines) is 1. The average molecular weight is 282 g/mol. The molecule has 1 N–H and O–H groups in total. The normalized spacial score (nSPS) is 22.6. The summed E-state index contributed by atoms with van der Waals surface area (Å²) >= 11 is 6.02. The van der Waals surface area contributed by atoms with Crippen molar-refractivity contribution in [3.8, 4) is 0 Å². The zero-order valence-corrected chi connectivity index (χ0v) is 11.6. The monoisotopic (exact) mass is 281 g/mol. The van der Waals surface area contributed by atoms with E-state index in [1.165, 1.54) is 0 Å². The molecule has 2 unspecified atom stereocenters. The Morgan fingerprint density at radius 1 is 1.42 bits per heavy atom. The third-order valence-corrected chi connectivity index (χ3v) is 4.24. The Hall–Kier alpha value is -1.55. The molecule has 5 heteroatoms. The van der Waals surface area contributed by atoms with Crippen LogP contribution in [0.2, 0.25) is 5.02 Å². The molecule has 2 rings (SSSR count). The summed E-state index contributed by atoms with van der Waals surface area (Å²) in [5.41, 5.74) is 1.28. The Morgan fingerprint density at radius 2 is 2.11 bits per heavy atom. The fraction of sp³-hybridized carbons (Fsp3) is 0.429. The molecular weight excluding hydrogens is 266 g/mol. The van der Waals surface area contributed by atoms with Gasteiger partial charge in [-0.3, -0.25) is 9.59 Å². The first-order valence-corrected chi connectivity index (χ1v) is 6.60. The van der Waals surface area contributed by atoms with Crippen molar-refractivity contribution in [2.45, 2.75) is 26.3 Å². The Kier molecular flexibility index (Phi) is 3.80. The summed E-state index contributed by atoms with van der Waals surface area (Å²) in [7, 11) is 0. The van der Waals surface area contributed by atoms with Crippen molar-refractivity contribution in [1.82, 2.24) is 4.90 Å². The maximum Gasteiger partial charge on any atom is 0.308 e. The molecule has 1 amide bonds. The highest BCUT2D eigenvalue weighted by molar-refractivity contribution is 6.31. The van der Waals surface area contributed by atoms with Gasteiger partial charge in [-0.05, 0) is 38.0 Å². The minimum atomic E-state index is -0.842. The molecule has 102 valence electrons. The van der Waals surface area contributed by atoms with Crippen LogP contribution >= 0.6 is 11.6 Å². The second kappa shape index (κ2) is 5.21. The Bertz CT molecular complexity index is 529. The van der Waals surface area contributed by atoms with E-state index in [1.54, 1.807) is 36.9 Å². The number of rotatable bonds is 2. The van der Waals surface area contributed by atoms with Gasteiger partial charge in [0.15, 0.2) is 0 Å². The zero-order chi connectivity index (χ0) is 14.2. The lowest BCUT2D eigenvalue weighted by molar-refractivity contribution is -0.142. The van der Waals surface area contributed by atoms with E-state index in [0.29, 0.717) is 23.6 Å². The number of carboxylic acid groups (broad SMARTS) is 1. The topological polar surface area (TPSA) is 57.6 Å². The minimum Gasteiger partial charge on any atom is -0.481 e. The van der Waals surface area contributed by atoms with Crippen molar-refractivity contribution in [3.63, 3.8) is 0 Å². The van der Waals surface area contributed by atoms with E-state index in [2.05, 4.69) is 0 Å². The average Bonchev–Trinajstić information content (AvgIpc) is 2.74. The maximum atomic E-state index is 12.5. The lowest BCUT2D eigenvalue weighted by Crippen LogP contribution is -2.38. The van der Waals surface area contributed by atoms with Crippen LogP contribution in [0.25, 0.3) is 0 Å². The number of aliphatic carboxylic acids is 1. The van der Waals surface area contributed by atoms with E-state index in [4.69, 9.17) is 16.7 Å². The van der Waals surface area contributed by atoms with Gasteiger partial charge in [-0.15, -0.1) is 0 Å². The molecule has 0 radical (unpaired) electrons. The molecule has 0 bridgehead atoms. The van der Waals surface area contributed by atoms with Gasteiger partial charge in [-0.25, -0.2) is 0 Å². The Morgan fingerprint density at radius 3 is 2.68 bits per heavy atom. The molecule has 1 aliphatic heterocycles. The molecule has 1 aliphatic rings. The number of hydrogen-bond donors (Lipinski definition) is 1. The summed E-state index contributed by atoms with van der Waals surface area (Å²) in [6.45, 7) is 4.05. The molecule has 1 heterocycles.